The highest BCUT2D eigenvalue weighted by Gasteiger charge is 2.17. The maximum absolute atomic E-state index is 8.33. The topological polar surface area (TPSA) is 26.0 Å². The Bertz CT molecular complexity index is 1320. The van der Waals surface area contributed by atoms with E-state index in [0.717, 1.165) is 33.4 Å². The van der Waals surface area contributed by atoms with E-state index in [2.05, 4.69) is 48.3 Å². The van der Waals surface area contributed by atoms with Gasteiger partial charge in [-0.2, -0.15) is 0 Å². The van der Waals surface area contributed by atoms with Crippen LogP contribution in [0.5, 0.6) is 0 Å². The van der Waals surface area contributed by atoms with Gasteiger partial charge in [0.1, 0.15) is 5.58 Å². The van der Waals surface area contributed by atoms with Crippen LogP contribution in [0, 0.1) is 6.92 Å². The second-order valence-corrected chi connectivity index (χ2v) is 7.99. The lowest BCUT2D eigenvalue weighted by molar-refractivity contribution is 0.673. The van der Waals surface area contributed by atoms with E-state index in [1.165, 1.54) is 20.3 Å². The summed E-state index contributed by atoms with van der Waals surface area (Å²) in [6.45, 7) is 5.91. The molecule has 2 aromatic carbocycles. The molecular formula is C23H19NOS. The smallest absolute Gasteiger partial charge is 0.154 e. The molecule has 0 fully saturated rings. The summed E-state index contributed by atoms with van der Waals surface area (Å²) in [5.74, 6) is -0.650. The summed E-state index contributed by atoms with van der Waals surface area (Å²) < 4.78 is 16.9. The van der Waals surface area contributed by atoms with E-state index in [1.807, 2.05) is 26.0 Å². The molecule has 26 heavy (non-hydrogen) atoms. The number of thiophene rings is 1. The predicted molar refractivity (Wildman–Crippen MR) is 111 cm³/mol. The normalized spacial score (nSPS) is 13.0. The third-order valence-electron chi connectivity index (χ3n) is 4.87. The Morgan fingerprint density at radius 3 is 2.77 bits per heavy atom. The Morgan fingerprint density at radius 1 is 1.04 bits per heavy atom. The van der Waals surface area contributed by atoms with Crippen LogP contribution in [0.1, 0.15) is 32.2 Å². The van der Waals surface area contributed by atoms with Gasteiger partial charge >= 0.3 is 0 Å². The molecule has 0 bridgehead atoms. The Labute approximate surface area is 157 Å². The molecule has 3 heterocycles. The third kappa shape index (κ3) is 2.27. The summed E-state index contributed by atoms with van der Waals surface area (Å²) in [5.41, 5.74) is 6.08. The molecule has 2 nitrogen and oxygen atoms in total. The number of pyridine rings is 1. The molecule has 0 atom stereocenters. The van der Waals surface area contributed by atoms with Crippen molar-refractivity contribution < 1.29 is 5.79 Å². The molecule has 5 aromatic rings. The highest BCUT2D eigenvalue weighted by Crippen LogP contribution is 2.44. The number of aryl methyl sites for hydroxylation is 1. The zero-order valence-corrected chi connectivity index (χ0v) is 15.8. The lowest BCUT2D eigenvalue weighted by Crippen LogP contribution is -1.90. The molecule has 3 aromatic heterocycles. The number of rotatable bonds is 2. The van der Waals surface area contributed by atoms with Crippen molar-refractivity contribution in [3.8, 4) is 11.3 Å². The maximum Gasteiger partial charge on any atom is 0.154 e. The van der Waals surface area contributed by atoms with Crippen LogP contribution in [0.3, 0.4) is 0 Å². The van der Waals surface area contributed by atoms with Crippen LogP contribution in [0.15, 0.2) is 59.1 Å². The first-order chi connectivity index (χ1) is 12.9. The maximum atomic E-state index is 8.33. The van der Waals surface area contributed by atoms with Gasteiger partial charge < -0.3 is 4.42 Å². The third-order valence-corrected chi connectivity index (χ3v) is 6.13. The number of benzene rings is 2. The van der Waals surface area contributed by atoms with Crippen LogP contribution >= 0.6 is 11.3 Å². The van der Waals surface area contributed by atoms with Crippen molar-refractivity contribution in [2.45, 2.75) is 26.7 Å². The molecule has 0 saturated heterocycles. The van der Waals surface area contributed by atoms with Crippen LogP contribution in [-0.2, 0) is 0 Å². The van der Waals surface area contributed by atoms with E-state index in [1.54, 1.807) is 17.5 Å². The highest BCUT2D eigenvalue weighted by atomic mass is 32.1. The molecule has 128 valence electrons. The molecule has 5 rings (SSSR count). The fourth-order valence-corrected chi connectivity index (χ4v) is 4.76. The number of fused-ring (bicyclic) bond motifs is 5. The van der Waals surface area contributed by atoms with Gasteiger partial charge in [0.2, 0.25) is 0 Å². The van der Waals surface area contributed by atoms with E-state index >= 15 is 0 Å². The molecule has 0 N–H and O–H groups in total. The van der Waals surface area contributed by atoms with E-state index in [-0.39, 0.29) is 0 Å². The van der Waals surface area contributed by atoms with Gasteiger partial charge in [-0.15, -0.1) is 11.3 Å². The minimum atomic E-state index is -0.650. The first-order valence-corrected chi connectivity index (χ1v) is 9.55. The summed E-state index contributed by atoms with van der Waals surface area (Å²) in [6, 6.07) is 16.6. The molecule has 0 spiro atoms. The molecule has 0 amide bonds. The minimum Gasteiger partial charge on any atom is -0.454 e. The van der Waals surface area contributed by atoms with Crippen LogP contribution in [0.4, 0.5) is 0 Å². The minimum absolute atomic E-state index is 0.650. The van der Waals surface area contributed by atoms with Crippen molar-refractivity contribution in [2.24, 2.45) is 0 Å². The molecule has 0 aliphatic heterocycles. The van der Waals surface area contributed by atoms with Crippen molar-refractivity contribution in [3.63, 3.8) is 0 Å². The standard InChI is InChI=1S/C23H19NOS/c1-13(2)15-9-10-24-19(12-15)16-5-4-6-17-21-23(26-22(16)17)18-11-14(3)7-8-20(18)25-21/h4-13H,1-3H3/i13D. The lowest BCUT2D eigenvalue weighted by atomic mass is 10.0. The van der Waals surface area contributed by atoms with Gasteiger partial charge in [-0.1, -0.05) is 37.6 Å². The predicted octanol–water partition coefficient (Wildman–Crippen LogP) is 7.29. The Kier molecular flexibility index (Phi) is 3.17. The quantitative estimate of drug-likeness (QED) is 0.331. The zero-order chi connectivity index (χ0) is 18.8. The number of nitrogens with zero attached hydrogens (tertiary/aromatic N) is 1. The SMILES string of the molecule is [2H]C(C)(C)c1ccnc(-c2cccc3c2sc2c4cc(C)ccc4oc32)c1. The largest absolute Gasteiger partial charge is 0.454 e. The van der Waals surface area contributed by atoms with Crippen molar-refractivity contribution in [2.75, 3.05) is 0 Å². The van der Waals surface area contributed by atoms with Gasteiger partial charge in [-0.25, -0.2) is 0 Å². The Hall–Kier alpha value is -2.65. The zero-order valence-electron chi connectivity index (χ0n) is 16.0. The monoisotopic (exact) mass is 358 g/mol. The second-order valence-electron chi connectivity index (χ2n) is 6.97. The van der Waals surface area contributed by atoms with E-state index in [9.17, 15) is 0 Å². The average Bonchev–Trinajstić information content (AvgIpc) is 3.17. The number of aromatic nitrogens is 1. The van der Waals surface area contributed by atoms with Crippen molar-refractivity contribution in [1.29, 1.82) is 0 Å². The van der Waals surface area contributed by atoms with Gasteiger partial charge in [0, 0.05) is 28.6 Å². The summed E-state index contributed by atoms with van der Waals surface area (Å²) in [5, 5.41) is 2.30. The van der Waals surface area contributed by atoms with Gasteiger partial charge in [0.25, 0.3) is 0 Å². The van der Waals surface area contributed by atoms with Crippen LogP contribution in [0.2, 0.25) is 0 Å². The van der Waals surface area contributed by atoms with Crippen LogP contribution < -0.4 is 0 Å². The second kappa shape index (κ2) is 5.68. The molecular weight excluding hydrogens is 338 g/mol. The fraction of sp³-hybridized carbons (Fsp3) is 0.174. The lowest BCUT2D eigenvalue weighted by Gasteiger charge is -2.08. The molecule has 0 aliphatic carbocycles. The molecule has 0 unspecified atom stereocenters. The molecule has 0 saturated carbocycles. The average molecular weight is 358 g/mol. The molecule has 3 heteroatoms. The first-order valence-electron chi connectivity index (χ1n) is 9.23. The van der Waals surface area contributed by atoms with Gasteiger partial charge in [-0.05, 0) is 48.7 Å². The fourth-order valence-electron chi connectivity index (χ4n) is 3.49. The van der Waals surface area contributed by atoms with Gasteiger partial charge in [0.15, 0.2) is 5.58 Å². The number of furan rings is 1. The molecule has 0 aliphatic rings. The molecule has 0 radical (unpaired) electrons. The van der Waals surface area contributed by atoms with E-state index in [4.69, 9.17) is 5.79 Å². The van der Waals surface area contributed by atoms with Gasteiger partial charge in [-0.3, -0.25) is 4.98 Å². The summed E-state index contributed by atoms with van der Waals surface area (Å²) in [6.07, 6.45) is 1.80. The van der Waals surface area contributed by atoms with Crippen molar-refractivity contribution >= 4 is 42.7 Å². The summed E-state index contributed by atoms with van der Waals surface area (Å²) in [4.78, 5) is 4.60. The number of hydrogen-bond donors (Lipinski definition) is 0. The Morgan fingerprint density at radius 2 is 1.92 bits per heavy atom. The van der Waals surface area contributed by atoms with Gasteiger partial charge in [0.05, 0.1) is 10.4 Å². The van der Waals surface area contributed by atoms with E-state index in [0.29, 0.717) is 0 Å². The summed E-state index contributed by atoms with van der Waals surface area (Å²) >= 11 is 1.76. The van der Waals surface area contributed by atoms with E-state index < -0.39 is 5.89 Å². The summed E-state index contributed by atoms with van der Waals surface area (Å²) in [7, 11) is 0. The van der Waals surface area contributed by atoms with Crippen LogP contribution in [0.25, 0.3) is 42.6 Å². The van der Waals surface area contributed by atoms with Crippen molar-refractivity contribution in [3.05, 3.63) is 65.9 Å². The van der Waals surface area contributed by atoms with Crippen molar-refractivity contribution in [1.82, 2.24) is 4.98 Å². The Balaban J connectivity index is 1.80. The highest BCUT2D eigenvalue weighted by molar-refractivity contribution is 7.27. The van der Waals surface area contributed by atoms with Crippen LogP contribution in [-0.4, -0.2) is 4.98 Å². The first kappa shape index (κ1) is 14.5. The number of hydrogen-bond acceptors (Lipinski definition) is 3.